The molecule has 0 unspecified atom stereocenters. The number of para-hydroxylation sites is 1. The minimum absolute atomic E-state index is 0.00473. The molecule has 2 aromatic carbocycles. The molecule has 2 aliphatic heterocycles. The van der Waals surface area contributed by atoms with Crippen LogP contribution in [0.3, 0.4) is 0 Å². The van der Waals surface area contributed by atoms with Crippen molar-refractivity contribution in [3.8, 4) is 0 Å². The Morgan fingerprint density at radius 2 is 1.80 bits per heavy atom. The summed E-state index contributed by atoms with van der Waals surface area (Å²) in [5.74, 6) is -0.710. The molecule has 6 nitrogen and oxygen atoms in total. The maximum atomic E-state index is 13.4. The van der Waals surface area contributed by atoms with Crippen LogP contribution in [0.2, 0.25) is 10.0 Å². The van der Waals surface area contributed by atoms with Gasteiger partial charge in [-0.25, -0.2) is 8.42 Å². The Morgan fingerprint density at radius 3 is 2.50 bits per heavy atom. The third-order valence-electron chi connectivity index (χ3n) is 5.67. The molecule has 2 aliphatic rings. The molecule has 0 spiro atoms. The number of nitrogens with zero attached hydrogens (tertiary/aromatic N) is 1. The highest BCUT2D eigenvalue weighted by atomic mass is 35.5. The van der Waals surface area contributed by atoms with E-state index in [-0.39, 0.29) is 33.3 Å². The van der Waals surface area contributed by atoms with Crippen molar-refractivity contribution in [2.45, 2.75) is 18.5 Å². The van der Waals surface area contributed by atoms with Crippen molar-refractivity contribution in [3.05, 3.63) is 79.6 Å². The Kier molecular flexibility index (Phi) is 4.47. The van der Waals surface area contributed by atoms with Crippen LogP contribution in [0.5, 0.6) is 0 Å². The van der Waals surface area contributed by atoms with Crippen molar-refractivity contribution in [1.29, 1.82) is 0 Å². The first-order valence-electron chi connectivity index (χ1n) is 9.30. The first kappa shape index (κ1) is 19.6. The molecule has 0 saturated carbocycles. The van der Waals surface area contributed by atoms with E-state index in [9.17, 15) is 18.0 Å². The lowest BCUT2D eigenvalue weighted by molar-refractivity contribution is 0.0662. The zero-order valence-corrected chi connectivity index (χ0v) is 17.8. The molecule has 1 saturated heterocycles. The van der Waals surface area contributed by atoms with Gasteiger partial charge >= 0.3 is 0 Å². The number of sulfone groups is 1. The molecule has 0 N–H and O–H groups in total. The van der Waals surface area contributed by atoms with Gasteiger partial charge in [0, 0.05) is 6.04 Å². The maximum Gasteiger partial charge on any atom is 0.291 e. The van der Waals surface area contributed by atoms with Crippen LogP contribution in [0.15, 0.2) is 51.7 Å². The standard InChI is InChI=1S/C21H15Cl2NO5S/c22-14-6-5-11(9-15(14)23)18-17-19(25)13-3-1-2-4-16(13)29-20(17)21(26)24(18)12-7-8-30(27,28)10-12/h1-6,9,12,18H,7-8,10H2/t12-,18-/m1/s1. The monoisotopic (exact) mass is 463 g/mol. The Balaban J connectivity index is 1.77. The summed E-state index contributed by atoms with van der Waals surface area (Å²) in [6, 6.07) is 10.2. The van der Waals surface area contributed by atoms with E-state index in [0.29, 0.717) is 28.0 Å². The minimum Gasteiger partial charge on any atom is -0.450 e. The molecule has 154 valence electrons. The minimum atomic E-state index is -3.26. The van der Waals surface area contributed by atoms with E-state index in [1.54, 1.807) is 42.5 Å². The lowest BCUT2D eigenvalue weighted by atomic mass is 9.97. The van der Waals surface area contributed by atoms with Crippen LogP contribution < -0.4 is 5.43 Å². The number of hydrogen-bond acceptors (Lipinski definition) is 5. The van der Waals surface area contributed by atoms with Crippen LogP contribution in [0.25, 0.3) is 11.0 Å². The van der Waals surface area contributed by atoms with Gasteiger partial charge in [0.15, 0.2) is 15.3 Å². The average molecular weight is 464 g/mol. The van der Waals surface area contributed by atoms with Crippen LogP contribution in [0.4, 0.5) is 0 Å². The van der Waals surface area contributed by atoms with Gasteiger partial charge in [0.25, 0.3) is 5.91 Å². The smallest absolute Gasteiger partial charge is 0.291 e. The molecule has 1 fully saturated rings. The molecule has 9 heteroatoms. The first-order valence-corrected chi connectivity index (χ1v) is 11.9. The van der Waals surface area contributed by atoms with Crippen LogP contribution in [0.1, 0.15) is 34.1 Å². The van der Waals surface area contributed by atoms with Gasteiger partial charge < -0.3 is 9.32 Å². The van der Waals surface area contributed by atoms with E-state index < -0.39 is 27.8 Å². The van der Waals surface area contributed by atoms with Gasteiger partial charge in [-0.1, -0.05) is 41.4 Å². The third-order valence-corrected chi connectivity index (χ3v) is 8.16. The fourth-order valence-corrected chi connectivity index (χ4v) is 6.34. The zero-order chi connectivity index (χ0) is 21.2. The Hall–Kier alpha value is -2.35. The molecule has 1 aromatic heterocycles. The van der Waals surface area contributed by atoms with E-state index in [1.807, 2.05) is 0 Å². The second-order valence-electron chi connectivity index (χ2n) is 7.52. The highest BCUT2D eigenvalue weighted by Gasteiger charge is 2.48. The molecule has 1 amide bonds. The van der Waals surface area contributed by atoms with E-state index >= 15 is 0 Å². The summed E-state index contributed by atoms with van der Waals surface area (Å²) in [5.41, 5.74) is 0.757. The summed E-state index contributed by atoms with van der Waals surface area (Å²) in [6.07, 6.45) is 0.299. The molecule has 0 aliphatic carbocycles. The van der Waals surface area contributed by atoms with Gasteiger partial charge in [0.2, 0.25) is 5.76 Å². The number of halogens is 2. The van der Waals surface area contributed by atoms with Crippen LogP contribution in [-0.2, 0) is 9.84 Å². The summed E-state index contributed by atoms with van der Waals surface area (Å²) < 4.78 is 30.1. The largest absolute Gasteiger partial charge is 0.450 e. The van der Waals surface area contributed by atoms with Gasteiger partial charge in [-0.3, -0.25) is 9.59 Å². The highest BCUT2D eigenvalue weighted by Crippen LogP contribution is 2.42. The Bertz CT molecular complexity index is 1380. The number of amides is 1. The lowest BCUT2D eigenvalue weighted by Gasteiger charge is -2.30. The quantitative estimate of drug-likeness (QED) is 0.576. The fourth-order valence-electron chi connectivity index (χ4n) is 4.32. The van der Waals surface area contributed by atoms with Crippen molar-refractivity contribution < 1.29 is 17.6 Å². The summed E-state index contributed by atoms with van der Waals surface area (Å²) >= 11 is 12.3. The van der Waals surface area contributed by atoms with Crippen molar-refractivity contribution in [1.82, 2.24) is 4.90 Å². The van der Waals surface area contributed by atoms with Crippen molar-refractivity contribution in [2.75, 3.05) is 11.5 Å². The van der Waals surface area contributed by atoms with Crippen molar-refractivity contribution >= 4 is 49.9 Å². The second kappa shape index (κ2) is 6.83. The van der Waals surface area contributed by atoms with E-state index in [4.69, 9.17) is 27.6 Å². The molecule has 30 heavy (non-hydrogen) atoms. The third kappa shape index (κ3) is 2.95. The topological polar surface area (TPSA) is 84.7 Å². The molecule has 0 radical (unpaired) electrons. The number of benzene rings is 2. The van der Waals surface area contributed by atoms with E-state index in [2.05, 4.69) is 0 Å². The van der Waals surface area contributed by atoms with Gasteiger partial charge in [0.1, 0.15) is 5.58 Å². The molecular weight excluding hydrogens is 449 g/mol. The predicted octanol–water partition coefficient (Wildman–Crippen LogP) is 3.83. The van der Waals surface area contributed by atoms with Gasteiger partial charge in [-0.05, 0) is 36.2 Å². The van der Waals surface area contributed by atoms with Gasteiger partial charge in [-0.15, -0.1) is 0 Å². The molecule has 5 rings (SSSR count). The average Bonchev–Trinajstić information content (AvgIpc) is 3.21. The first-order chi connectivity index (χ1) is 14.3. The molecule has 3 heterocycles. The van der Waals surface area contributed by atoms with Crippen LogP contribution in [0, 0.1) is 0 Å². The van der Waals surface area contributed by atoms with Crippen LogP contribution >= 0.6 is 23.2 Å². The number of carbonyl (C=O) groups excluding carboxylic acids is 1. The van der Waals surface area contributed by atoms with Gasteiger partial charge in [0.05, 0.1) is 38.5 Å². The zero-order valence-electron chi connectivity index (χ0n) is 15.5. The summed E-state index contributed by atoms with van der Waals surface area (Å²) in [5, 5.41) is 0.972. The maximum absolute atomic E-state index is 13.4. The number of carbonyl (C=O) groups is 1. The highest BCUT2D eigenvalue weighted by molar-refractivity contribution is 7.91. The summed E-state index contributed by atoms with van der Waals surface area (Å²) in [7, 11) is -3.26. The molecule has 3 aromatic rings. The number of hydrogen-bond donors (Lipinski definition) is 0. The van der Waals surface area contributed by atoms with Crippen LogP contribution in [-0.4, -0.2) is 36.8 Å². The summed E-state index contributed by atoms with van der Waals surface area (Å²) in [6.45, 7) is 0. The van der Waals surface area contributed by atoms with Gasteiger partial charge in [-0.2, -0.15) is 0 Å². The van der Waals surface area contributed by atoms with E-state index in [0.717, 1.165) is 0 Å². The lowest BCUT2D eigenvalue weighted by Crippen LogP contribution is -2.40. The normalized spacial score (nSPS) is 22.6. The Morgan fingerprint density at radius 1 is 1.03 bits per heavy atom. The molecule has 0 bridgehead atoms. The molecule has 2 atom stereocenters. The fraction of sp³-hybridized carbons (Fsp3) is 0.238. The van der Waals surface area contributed by atoms with Crippen molar-refractivity contribution in [2.24, 2.45) is 0 Å². The van der Waals surface area contributed by atoms with E-state index in [1.165, 1.54) is 4.90 Å². The predicted molar refractivity (Wildman–Crippen MR) is 114 cm³/mol. The number of fused-ring (bicyclic) bond motifs is 2. The van der Waals surface area contributed by atoms with Crippen molar-refractivity contribution in [3.63, 3.8) is 0 Å². The number of rotatable bonds is 2. The Labute approximate surface area is 181 Å². The SMILES string of the molecule is O=C1c2oc3ccccc3c(=O)c2[C@@H](c2ccc(Cl)c(Cl)c2)N1[C@@H]1CCS(=O)(=O)C1. The summed E-state index contributed by atoms with van der Waals surface area (Å²) in [4.78, 5) is 28.2. The second-order valence-corrected chi connectivity index (χ2v) is 10.6. The molecular formula is C21H15Cl2NO5S.